The van der Waals surface area contributed by atoms with Crippen molar-refractivity contribution < 1.29 is 14.7 Å². The minimum atomic E-state index is -0.0368. The number of benzene rings is 2. The van der Waals surface area contributed by atoms with Gasteiger partial charge in [-0.1, -0.05) is 24.3 Å². The fraction of sp³-hybridized carbons (Fsp3) is 0.364. The van der Waals surface area contributed by atoms with Gasteiger partial charge in [0.15, 0.2) is 0 Å². The van der Waals surface area contributed by atoms with Crippen molar-refractivity contribution in [2.75, 3.05) is 13.1 Å². The topological polar surface area (TPSA) is 69.6 Å². The maximum absolute atomic E-state index is 13.1. The quantitative estimate of drug-likeness (QED) is 0.850. The number of carbonyl (C=O) groups is 2. The first kappa shape index (κ1) is 19.0. The Kier molecular flexibility index (Phi) is 6.12. The molecule has 1 saturated heterocycles. The molecule has 2 aromatic carbocycles. The second-order valence-corrected chi connectivity index (χ2v) is 7.05. The van der Waals surface area contributed by atoms with Gasteiger partial charge < -0.3 is 15.3 Å². The fourth-order valence-electron chi connectivity index (χ4n) is 3.63. The molecular formula is C22H26N2O3. The van der Waals surface area contributed by atoms with Crippen molar-refractivity contribution in [2.24, 2.45) is 0 Å². The van der Waals surface area contributed by atoms with Crippen LogP contribution in [0.15, 0.2) is 48.5 Å². The average Bonchev–Trinajstić information content (AvgIpc) is 2.68. The van der Waals surface area contributed by atoms with Gasteiger partial charge in [-0.25, -0.2) is 0 Å². The number of nitrogens with one attached hydrogen (secondary N) is 1. The van der Waals surface area contributed by atoms with Gasteiger partial charge in [0.2, 0.25) is 5.91 Å². The van der Waals surface area contributed by atoms with Gasteiger partial charge in [-0.2, -0.15) is 0 Å². The number of nitrogens with zero attached hydrogens (tertiary/aromatic N) is 1. The lowest BCUT2D eigenvalue weighted by Gasteiger charge is -2.36. The Balaban J connectivity index is 1.76. The number of rotatable bonds is 5. The first-order valence-electron chi connectivity index (χ1n) is 9.49. The number of carbonyl (C=O) groups excluding carboxylic acids is 2. The molecule has 0 spiro atoms. The minimum absolute atomic E-state index is 0.0368. The maximum atomic E-state index is 13.1. The standard InChI is InChI=1S/C22H26N2O3/c1-16(25)23-13-12-20-7-2-3-14-24(20)22(27)19-6-4-5-18(15-19)17-8-10-21(26)11-9-17/h4-6,8-11,15,20,26H,2-3,7,12-14H2,1H3,(H,23,25)/t20-/m1/s1. The summed E-state index contributed by atoms with van der Waals surface area (Å²) in [5.41, 5.74) is 2.59. The molecular weight excluding hydrogens is 340 g/mol. The Morgan fingerprint density at radius 1 is 1.11 bits per heavy atom. The Labute approximate surface area is 160 Å². The first-order valence-corrected chi connectivity index (χ1v) is 9.49. The Morgan fingerprint density at radius 2 is 1.89 bits per heavy atom. The molecule has 2 amide bonds. The largest absolute Gasteiger partial charge is 0.508 e. The summed E-state index contributed by atoms with van der Waals surface area (Å²) < 4.78 is 0. The predicted molar refractivity (Wildman–Crippen MR) is 106 cm³/mol. The van der Waals surface area contributed by atoms with Crippen molar-refractivity contribution in [2.45, 2.75) is 38.6 Å². The summed E-state index contributed by atoms with van der Waals surface area (Å²) in [5, 5.41) is 12.3. The van der Waals surface area contributed by atoms with Crippen LogP contribution in [-0.2, 0) is 4.79 Å². The van der Waals surface area contributed by atoms with Crippen molar-refractivity contribution in [1.82, 2.24) is 10.2 Å². The highest BCUT2D eigenvalue weighted by molar-refractivity contribution is 5.95. The van der Waals surface area contributed by atoms with Gasteiger partial charge >= 0.3 is 0 Å². The molecule has 142 valence electrons. The van der Waals surface area contributed by atoms with Crippen LogP contribution >= 0.6 is 0 Å². The lowest BCUT2D eigenvalue weighted by atomic mass is 9.97. The molecule has 1 aliphatic heterocycles. The number of amides is 2. The van der Waals surface area contributed by atoms with Crippen molar-refractivity contribution in [1.29, 1.82) is 0 Å². The molecule has 0 aromatic heterocycles. The number of hydrogen-bond acceptors (Lipinski definition) is 3. The van der Waals surface area contributed by atoms with Gasteiger partial charge in [-0.05, 0) is 61.1 Å². The highest BCUT2D eigenvalue weighted by atomic mass is 16.3. The van der Waals surface area contributed by atoms with Gasteiger partial charge in [-0.15, -0.1) is 0 Å². The van der Waals surface area contributed by atoms with Gasteiger partial charge in [0.1, 0.15) is 5.75 Å². The van der Waals surface area contributed by atoms with Gasteiger partial charge in [-0.3, -0.25) is 9.59 Å². The summed E-state index contributed by atoms with van der Waals surface area (Å²) >= 11 is 0. The Morgan fingerprint density at radius 3 is 2.63 bits per heavy atom. The molecule has 0 unspecified atom stereocenters. The third-order valence-corrected chi connectivity index (χ3v) is 5.05. The predicted octanol–water partition coefficient (Wildman–Crippen LogP) is 3.58. The second kappa shape index (κ2) is 8.71. The summed E-state index contributed by atoms with van der Waals surface area (Å²) in [6, 6.07) is 14.8. The summed E-state index contributed by atoms with van der Waals surface area (Å²) in [4.78, 5) is 26.2. The van der Waals surface area contributed by atoms with Crippen LogP contribution in [0.1, 0.15) is 43.0 Å². The van der Waals surface area contributed by atoms with Crippen LogP contribution < -0.4 is 5.32 Å². The zero-order valence-electron chi connectivity index (χ0n) is 15.6. The van der Waals surface area contributed by atoms with Crippen LogP contribution in [0.2, 0.25) is 0 Å². The van der Waals surface area contributed by atoms with E-state index in [1.807, 2.05) is 41.3 Å². The van der Waals surface area contributed by atoms with E-state index in [2.05, 4.69) is 5.32 Å². The zero-order valence-corrected chi connectivity index (χ0v) is 15.6. The Bertz CT molecular complexity index is 801. The molecule has 5 nitrogen and oxygen atoms in total. The van der Waals surface area contributed by atoms with Crippen molar-refractivity contribution >= 4 is 11.8 Å². The van der Waals surface area contributed by atoms with Crippen LogP contribution in [-0.4, -0.2) is 41.0 Å². The monoisotopic (exact) mass is 366 g/mol. The number of likely N-dealkylation sites (tertiary alicyclic amines) is 1. The number of phenolic OH excluding ortho intramolecular Hbond substituents is 1. The minimum Gasteiger partial charge on any atom is -0.508 e. The molecule has 1 atom stereocenters. The molecule has 1 aliphatic rings. The van der Waals surface area contributed by atoms with E-state index >= 15 is 0 Å². The van der Waals surface area contributed by atoms with E-state index in [0.29, 0.717) is 12.1 Å². The summed E-state index contributed by atoms with van der Waals surface area (Å²) in [6.45, 7) is 2.86. The first-order chi connectivity index (χ1) is 13.0. The molecule has 0 saturated carbocycles. The molecule has 0 aliphatic carbocycles. The molecule has 0 bridgehead atoms. The third kappa shape index (κ3) is 4.88. The van der Waals surface area contributed by atoms with Gasteiger partial charge in [0.25, 0.3) is 5.91 Å². The zero-order chi connectivity index (χ0) is 19.2. The molecule has 1 fully saturated rings. The average molecular weight is 366 g/mol. The van der Waals surface area contributed by atoms with Crippen molar-refractivity contribution in [3.05, 3.63) is 54.1 Å². The second-order valence-electron chi connectivity index (χ2n) is 7.05. The van der Waals surface area contributed by atoms with Gasteiger partial charge in [0.05, 0.1) is 0 Å². The third-order valence-electron chi connectivity index (χ3n) is 5.05. The lowest BCUT2D eigenvalue weighted by Crippen LogP contribution is -2.45. The van der Waals surface area contributed by atoms with Gasteiger partial charge in [0, 0.05) is 31.6 Å². The molecule has 0 radical (unpaired) electrons. The SMILES string of the molecule is CC(=O)NCC[C@H]1CCCCN1C(=O)c1cccc(-c2ccc(O)cc2)c1. The van der Waals surface area contributed by atoms with E-state index in [1.54, 1.807) is 12.1 Å². The number of piperidine rings is 1. The molecule has 27 heavy (non-hydrogen) atoms. The van der Waals surface area contributed by atoms with Crippen LogP contribution in [0, 0.1) is 0 Å². The van der Waals surface area contributed by atoms with E-state index < -0.39 is 0 Å². The van der Waals surface area contributed by atoms with E-state index in [4.69, 9.17) is 0 Å². The molecule has 3 rings (SSSR count). The van der Waals surface area contributed by atoms with Crippen LogP contribution in [0.25, 0.3) is 11.1 Å². The van der Waals surface area contributed by atoms with E-state index in [-0.39, 0.29) is 23.6 Å². The normalized spacial score (nSPS) is 16.8. The maximum Gasteiger partial charge on any atom is 0.254 e. The summed E-state index contributed by atoms with van der Waals surface area (Å²) in [6.07, 6.45) is 3.88. The number of hydrogen-bond donors (Lipinski definition) is 2. The Hall–Kier alpha value is -2.82. The van der Waals surface area contributed by atoms with Crippen LogP contribution in [0.3, 0.4) is 0 Å². The number of aromatic hydroxyl groups is 1. The van der Waals surface area contributed by atoms with E-state index in [1.165, 1.54) is 6.92 Å². The summed E-state index contributed by atoms with van der Waals surface area (Å²) in [5.74, 6) is 0.231. The van der Waals surface area contributed by atoms with E-state index in [0.717, 1.165) is 43.4 Å². The van der Waals surface area contributed by atoms with Crippen molar-refractivity contribution in [3.63, 3.8) is 0 Å². The highest BCUT2D eigenvalue weighted by Gasteiger charge is 2.27. The molecule has 2 N–H and O–H groups in total. The van der Waals surface area contributed by atoms with Crippen LogP contribution in [0.4, 0.5) is 0 Å². The highest BCUT2D eigenvalue weighted by Crippen LogP contribution is 2.26. The van der Waals surface area contributed by atoms with Crippen molar-refractivity contribution in [3.8, 4) is 16.9 Å². The smallest absolute Gasteiger partial charge is 0.254 e. The molecule has 2 aromatic rings. The van der Waals surface area contributed by atoms with Crippen LogP contribution in [0.5, 0.6) is 5.75 Å². The van der Waals surface area contributed by atoms with E-state index in [9.17, 15) is 14.7 Å². The summed E-state index contributed by atoms with van der Waals surface area (Å²) in [7, 11) is 0. The molecule has 1 heterocycles. The number of phenols is 1. The fourth-order valence-corrected chi connectivity index (χ4v) is 3.63. The molecule has 5 heteroatoms. The lowest BCUT2D eigenvalue weighted by molar-refractivity contribution is -0.119.